The lowest BCUT2D eigenvalue weighted by atomic mass is 9.92. The molecular weight excluding hydrogens is 260 g/mol. The Morgan fingerprint density at radius 3 is 2.48 bits per heavy atom. The van der Waals surface area contributed by atoms with E-state index in [1.165, 1.54) is 5.56 Å². The number of benzene rings is 2. The molecule has 0 aliphatic carbocycles. The smallest absolute Gasteiger partial charge is 0.224 e. The Hall–Kier alpha value is -2.29. The van der Waals surface area contributed by atoms with Gasteiger partial charge in [-0.2, -0.15) is 0 Å². The minimum atomic E-state index is 0.0788. The van der Waals surface area contributed by atoms with E-state index in [2.05, 4.69) is 24.4 Å². The van der Waals surface area contributed by atoms with E-state index in [1.807, 2.05) is 47.4 Å². The van der Waals surface area contributed by atoms with E-state index in [4.69, 9.17) is 0 Å². The normalized spacial score (nSPS) is 20.3. The monoisotopic (exact) mass is 280 g/mol. The molecule has 1 aliphatic rings. The second-order valence-corrected chi connectivity index (χ2v) is 5.61. The van der Waals surface area contributed by atoms with Crippen LogP contribution in [0.1, 0.15) is 31.9 Å². The van der Waals surface area contributed by atoms with Crippen LogP contribution in [0.5, 0.6) is 0 Å². The zero-order valence-corrected chi connectivity index (χ0v) is 12.4. The molecule has 0 saturated carbocycles. The maximum atomic E-state index is 12.3. The fourth-order valence-electron chi connectivity index (χ4n) is 3.12. The Labute approximate surface area is 125 Å². The van der Waals surface area contributed by atoms with E-state index in [9.17, 15) is 4.79 Å². The van der Waals surface area contributed by atoms with Crippen molar-refractivity contribution in [3.63, 3.8) is 0 Å². The standard InChI is InChI=1S/C18H20N2O/c1-13-12-18(16-10-6-7-11-17(16)19-13)20(14(2)21)15-8-4-3-5-9-15/h3-11,13,18-19H,12H2,1-2H3. The van der Waals surface area contributed by atoms with Gasteiger partial charge < -0.3 is 10.2 Å². The Balaban J connectivity index is 2.06. The van der Waals surface area contributed by atoms with E-state index in [0.717, 1.165) is 17.8 Å². The SMILES string of the molecule is CC(=O)N(c1ccccc1)C1CC(C)Nc2ccccc21. The van der Waals surface area contributed by atoms with Crippen molar-refractivity contribution in [2.45, 2.75) is 32.4 Å². The van der Waals surface area contributed by atoms with Crippen molar-refractivity contribution in [2.75, 3.05) is 10.2 Å². The van der Waals surface area contributed by atoms with Crippen LogP contribution in [0.25, 0.3) is 0 Å². The fourth-order valence-corrected chi connectivity index (χ4v) is 3.12. The number of anilines is 2. The van der Waals surface area contributed by atoms with Crippen molar-refractivity contribution in [3.8, 4) is 0 Å². The second kappa shape index (κ2) is 5.60. The third-order valence-electron chi connectivity index (χ3n) is 3.98. The summed E-state index contributed by atoms with van der Waals surface area (Å²) >= 11 is 0. The molecule has 21 heavy (non-hydrogen) atoms. The molecule has 0 saturated heterocycles. The average molecular weight is 280 g/mol. The quantitative estimate of drug-likeness (QED) is 0.902. The van der Waals surface area contributed by atoms with Crippen molar-refractivity contribution in [1.82, 2.24) is 0 Å². The van der Waals surface area contributed by atoms with E-state index < -0.39 is 0 Å². The molecule has 1 N–H and O–H groups in total. The lowest BCUT2D eigenvalue weighted by Crippen LogP contribution is -2.39. The van der Waals surface area contributed by atoms with Crippen molar-refractivity contribution < 1.29 is 4.79 Å². The largest absolute Gasteiger partial charge is 0.382 e. The van der Waals surface area contributed by atoms with Crippen molar-refractivity contribution in [1.29, 1.82) is 0 Å². The van der Waals surface area contributed by atoms with E-state index in [1.54, 1.807) is 6.92 Å². The van der Waals surface area contributed by atoms with Crippen LogP contribution in [0, 0.1) is 0 Å². The number of nitrogens with one attached hydrogen (secondary N) is 1. The van der Waals surface area contributed by atoms with Gasteiger partial charge in [0.1, 0.15) is 0 Å². The molecule has 0 fully saturated rings. The third-order valence-corrected chi connectivity index (χ3v) is 3.98. The molecule has 2 aromatic rings. The van der Waals surface area contributed by atoms with Gasteiger partial charge in [-0.15, -0.1) is 0 Å². The fraction of sp³-hybridized carbons (Fsp3) is 0.278. The Bertz CT molecular complexity index is 639. The number of fused-ring (bicyclic) bond motifs is 1. The van der Waals surface area contributed by atoms with Gasteiger partial charge in [0, 0.05) is 24.3 Å². The second-order valence-electron chi connectivity index (χ2n) is 5.61. The van der Waals surface area contributed by atoms with Crippen LogP contribution in [-0.2, 0) is 4.79 Å². The minimum absolute atomic E-state index is 0.0788. The van der Waals surface area contributed by atoms with Crippen molar-refractivity contribution in [2.24, 2.45) is 0 Å². The molecule has 1 amide bonds. The Kier molecular flexibility index (Phi) is 3.65. The summed E-state index contributed by atoms with van der Waals surface area (Å²) in [6.45, 7) is 3.80. The zero-order valence-electron chi connectivity index (χ0n) is 12.4. The summed E-state index contributed by atoms with van der Waals surface area (Å²) in [6, 6.07) is 18.6. The predicted octanol–water partition coefficient (Wildman–Crippen LogP) is 3.98. The van der Waals surface area contributed by atoms with Crippen LogP contribution >= 0.6 is 0 Å². The summed E-state index contributed by atoms with van der Waals surface area (Å²) in [5.41, 5.74) is 3.27. The van der Waals surface area contributed by atoms with Gasteiger partial charge in [0.15, 0.2) is 0 Å². The van der Waals surface area contributed by atoms with Crippen LogP contribution in [0.2, 0.25) is 0 Å². The highest BCUT2D eigenvalue weighted by Crippen LogP contribution is 2.38. The zero-order chi connectivity index (χ0) is 14.8. The third kappa shape index (κ3) is 2.64. The van der Waals surface area contributed by atoms with Gasteiger partial charge in [0.2, 0.25) is 5.91 Å². The number of amides is 1. The highest BCUT2D eigenvalue weighted by Gasteiger charge is 2.31. The van der Waals surface area contributed by atoms with Gasteiger partial charge in [0.05, 0.1) is 6.04 Å². The average Bonchev–Trinajstić information content (AvgIpc) is 2.48. The summed E-state index contributed by atoms with van der Waals surface area (Å²) in [5, 5.41) is 3.50. The number of nitrogens with zero attached hydrogens (tertiary/aromatic N) is 1. The number of carbonyl (C=O) groups excluding carboxylic acids is 1. The molecule has 0 radical (unpaired) electrons. The number of carbonyl (C=O) groups is 1. The first-order valence-corrected chi connectivity index (χ1v) is 7.37. The summed E-state index contributed by atoms with van der Waals surface area (Å²) in [4.78, 5) is 14.2. The summed E-state index contributed by atoms with van der Waals surface area (Å²) in [5.74, 6) is 0.0788. The lowest BCUT2D eigenvalue weighted by Gasteiger charge is -2.38. The number of para-hydroxylation sites is 2. The van der Waals surface area contributed by atoms with Crippen LogP contribution in [0.4, 0.5) is 11.4 Å². The summed E-state index contributed by atoms with van der Waals surface area (Å²) in [7, 11) is 0. The van der Waals surface area contributed by atoms with Gasteiger partial charge in [-0.3, -0.25) is 4.79 Å². The highest BCUT2D eigenvalue weighted by molar-refractivity contribution is 5.92. The van der Waals surface area contributed by atoms with Gasteiger partial charge in [0.25, 0.3) is 0 Å². The highest BCUT2D eigenvalue weighted by atomic mass is 16.2. The molecule has 0 spiro atoms. The van der Waals surface area contributed by atoms with E-state index >= 15 is 0 Å². The maximum absolute atomic E-state index is 12.3. The molecule has 3 rings (SSSR count). The van der Waals surface area contributed by atoms with Crippen LogP contribution in [0.3, 0.4) is 0 Å². The molecule has 108 valence electrons. The van der Waals surface area contributed by atoms with Gasteiger partial charge in [-0.05, 0) is 37.1 Å². The first kappa shape index (κ1) is 13.7. The number of hydrogen-bond donors (Lipinski definition) is 1. The number of hydrogen-bond acceptors (Lipinski definition) is 2. The van der Waals surface area contributed by atoms with Crippen LogP contribution < -0.4 is 10.2 Å². The van der Waals surface area contributed by atoms with Crippen LogP contribution in [0.15, 0.2) is 54.6 Å². The lowest BCUT2D eigenvalue weighted by molar-refractivity contribution is -0.117. The molecule has 3 heteroatoms. The van der Waals surface area contributed by atoms with Crippen LogP contribution in [-0.4, -0.2) is 11.9 Å². The first-order valence-electron chi connectivity index (χ1n) is 7.37. The molecule has 0 bridgehead atoms. The molecule has 0 aromatic heterocycles. The molecule has 1 aliphatic heterocycles. The summed E-state index contributed by atoms with van der Waals surface area (Å²) in [6.07, 6.45) is 0.908. The molecule has 1 heterocycles. The molecule has 2 aromatic carbocycles. The van der Waals surface area contributed by atoms with E-state index in [-0.39, 0.29) is 11.9 Å². The maximum Gasteiger partial charge on any atom is 0.224 e. The molecule has 2 atom stereocenters. The van der Waals surface area contributed by atoms with Crippen molar-refractivity contribution in [3.05, 3.63) is 60.2 Å². The first-order chi connectivity index (χ1) is 10.2. The topological polar surface area (TPSA) is 32.3 Å². The van der Waals surface area contributed by atoms with E-state index in [0.29, 0.717) is 6.04 Å². The summed E-state index contributed by atoms with van der Waals surface area (Å²) < 4.78 is 0. The molecule has 3 nitrogen and oxygen atoms in total. The Morgan fingerprint density at radius 1 is 1.10 bits per heavy atom. The van der Waals surface area contributed by atoms with Gasteiger partial charge in [-0.1, -0.05) is 36.4 Å². The van der Waals surface area contributed by atoms with Crippen molar-refractivity contribution >= 4 is 17.3 Å². The van der Waals surface area contributed by atoms with Gasteiger partial charge in [-0.25, -0.2) is 0 Å². The molecular formula is C18H20N2O. The Morgan fingerprint density at radius 2 is 1.76 bits per heavy atom. The van der Waals surface area contributed by atoms with Gasteiger partial charge >= 0.3 is 0 Å². The minimum Gasteiger partial charge on any atom is -0.382 e. The predicted molar refractivity (Wildman–Crippen MR) is 86.5 cm³/mol. The number of rotatable bonds is 2. The molecule has 2 unspecified atom stereocenters.